The zero-order valence-corrected chi connectivity index (χ0v) is 11.2. The predicted molar refractivity (Wildman–Crippen MR) is 80.4 cm³/mol. The summed E-state index contributed by atoms with van der Waals surface area (Å²) in [5.74, 6) is 0. The van der Waals surface area contributed by atoms with Gasteiger partial charge in [-0.3, -0.25) is 9.97 Å². The number of hydrogen-bond donors (Lipinski definition) is 0. The third-order valence-corrected chi connectivity index (χ3v) is 3.07. The van der Waals surface area contributed by atoms with E-state index in [0.29, 0.717) is 0 Å². The van der Waals surface area contributed by atoms with Crippen LogP contribution in [0.15, 0.2) is 61.4 Å². The van der Waals surface area contributed by atoms with Gasteiger partial charge in [0.2, 0.25) is 0 Å². The maximum absolute atomic E-state index is 4.39. The third-order valence-electron chi connectivity index (χ3n) is 3.07. The summed E-state index contributed by atoms with van der Waals surface area (Å²) >= 11 is 0. The Bertz CT molecular complexity index is 556. The van der Waals surface area contributed by atoms with Crippen LogP contribution < -0.4 is 0 Å². The highest BCUT2D eigenvalue weighted by Crippen LogP contribution is 2.23. The summed E-state index contributed by atoms with van der Waals surface area (Å²) in [6, 6.07) is 11.9. The fourth-order valence-electron chi connectivity index (χ4n) is 1.96. The minimum atomic E-state index is 0.896. The minimum absolute atomic E-state index is 0.896. The molecule has 0 aliphatic heterocycles. The second kappa shape index (κ2) is 6.64. The summed E-state index contributed by atoms with van der Waals surface area (Å²) in [5.41, 5.74) is 4.33. The van der Waals surface area contributed by atoms with Gasteiger partial charge < -0.3 is 0 Å². The van der Waals surface area contributed by atoms with Crippen molar-refractivity contribution in [1.29, 1.82) is 0 Å². The van der Waals surface area contributed by atoms with E-state index >= 15 is 0 Å². The van der Waals surface area contributed by atoms with Gasteiger partial charge in [0.25, 0.3) is 0 Å². The molecule has 0 bridgehead atoms. The van der Waals surface area contributed by atoms with Gasteiger partial charge in [-0.15, -0.1) is 0 Å². The largest absolute Gasteiger partial charge is 0.257 e. The average molecular weight is 250 g/mol. The molecule has 19 heavy (non-hydrogen) atoms. The quantitative estimate of drug-likeness (QED) is 0.787. The Balaban J connectivity index is 2.00. The highest BCUT2D eigenvalue weighted by Gasteiger charge is 2.05. The Labute approximate surface area is 114 Å². The van der Waals surface area contributed by atoms with E-state index in [0.717, 1.165) is 29.8 Å². The molecular weight excluding hydrogens is 232 g/mol. The second-order valence-corrected chi connectivity index (χ2v) is 4.35. The summed E-state index contributed by atoms with van der Waals surface area (Å²) in [7, 11) is 0. The van der Waals surface area contributed by atoms with Crippen molar-refractivity contribution in [3.63, 3.8) is 0 Å². The zero-order valence-electron chi connectivity index (χ0n) is 11.2. The van der Waals surface area contributed by atoms with Crippen molar-refractivity contribution in [3.05, 3.63) is 72.8 Å². The van der Waals surface area contributed by atoms with E-state index in [1.165, 1.54) is 5.57 Å². The van der Waals surface area contributed by atoms with Crippen LogP contribution in [0.25, 0.3) is 11.1 Å². The summed E-state index contributed by atoms with van der Waals surface area (Å²) in [6.07, 6.45) is 7.58. The zero-order chi connectivity index (χ0) is 13.5. The highest BCUT2D eigenvalue weighted by molar-refractivity contribution is 5.66. The second-order valence-electron chi connectivity index (χ2n) is 4.35. The van der Waals surface area contributed by atoms with Crippen molar-refractivity contribution in [2.24, 2.45) is 0 Å². The van der Waals surface area contributed by atoms with Gasteiger partial charge in [0.15, 0.2) is 0 Å². The molecule has 2 aromatic heterocycles. The summed E-state index contributed by atoms with van der Waals surface area (Å²) in [4.78, 5) is 8.71. The fourth-order valence-corrected chi connectivity index (χ4v) is 1.96. The molecule has 0 atom stereocenters. The lowest BCUT2D eigenvalue weighted by Crippen LogP contribution is -1.91. The normalized spacial score (nSPS) is 11.3. The molecule has 2 heterocycles. The van der Waals surface area contributed by atoms with Crippen LogP contribution in [0.5, 0.6) is 0 Å². The first kappa shape index (κ1) is 13.2. The van der Waals surface area contributed by atoms with Gasteiger partial charge in [-0.25, -0.2) is 0 Å². The average Bonchev–Trinajstić information content (AvgIpc) is 2.49. The molecular formula is C17H18N2. The lowest BCUT2D eigenvalue weighted by Gasteiger charge is -2.08. The van der Waals surface area contributed by atoms with E-state index in [1.54, 1.807) is 6.20 Å². The maximum atomic E-state index is 4.39. The summed E-state index contributed by atoms with van der Waals surface area (Å²) < 4.78 is 0. The van der Waals surface area contributed by atoms with Crippen LogP contribution in [-0.4, -0.2) is 9.97 Å². The topological polar surface area (TPSA) is 25.8 Å². The van der Waals surface area contributed by atoms with E-state index in [4.69, 9.17) is 0 Å². The Morgan fingerprint density at radius 2 is 1.63 bits per heavy atom. The van der Waals surface area contributed by atoms with Crippen molar-refractivity contribution >= 4 is 11.1 Å². The van der Waals surface area contributed by atoms with Gasteiger partial charge in [0, 0.05) is 12.4 Å². The van der Waals surface area contributed by atoms with Crippen LogP contribution in [-0.2, 0) is 0 Å². The molecule has 0 unspecified atom stereocenters. The molecule has 2 nitrogen and oxygen atoms in total. The van der Waals surface area contributed by atoms with Crippen LogP contribution in [0.2, 0.25) is 0 Å². The molecule has 0 aromatic carbocycles. The van der Waals surface area contributed by atoms with Crippen molar-refractivity contribution in [2.75, 3.05) is 0 Å². The van der Waals surface area contributed by atoms with Crippen LogP contribution in [0, 0.1) is 0 Å². The molecule has 0 N–H and O–H groups in total. The van der Waals surface area contributed by atoms with E-state index in [-0.39, 0.29) is 0 Å². The number of allylic oxidation sites excluding steroid dienone is 3. The van der Waals surface area contributed by atoms with Crippen molar-refractivity contribution in [2.45, 2.75) is 19.8 Å². The predicted octanol–water partition coefficient (Wildman–Crippen LogP) is 4.37. The van der Waals surface area contributed by atoms with Gasteiger partial charge in [-0.1, -0.05) is 24.8 Å². The monoisotopic (exact) mass is 250 g/mol. The van der Waals surface area contributed by atoms with E-state index in [2.05, 4.69) is 22.6 Å². The molecule has 2 heteroatoms. The Hall–Kier alpha value is -2.22. The smallest absolute Gasteiger partial charge is 0.0658 e. The van der Waals surface area contributed by atoms with Crippen LogP contribution in [0.3, 0.4) is 0 Å². The summed E-state index contributed by atoms with van der Waals surface area (Å²) in [5, 5.41) is 0. The first-order valence-corrected chi connectivity index (χ1v) is 6.47. The molecule has 0 spiro atoms. The van der Waals surface area contributed by atoms with E-state index < -0.39 is 0 Å². The molecule has 0 amide bonds. The molecule has 0 radical (unpaired) electrons. The van der Waals surface area contributed by atoms with Crippen molar-refractivity contribution < 1.29 is 0 Å². The first-order chi connectivity index (χ1) is 9.31. The molecule has 0 saturated heterocycles. The van der Waals surface area contributed by atoms with Crippen molar-refractivity contribution in [3.8, 4) is 0 Å². The van der Waals surface area contributed by atoms with E-state index in [1.807, 2.05) is 49.5 Å². The van der Waals surface area contributed by atoms with Gasteiger partial charge in [-0.2, -0.15) is 0 Å². The lowest BCUT2D eigenvalue weighted by atomic mass is 10.0. The van der Waals surface area contributed by atoms with Gasteiger partial charge in [0.05, 0.1) is 11.4 Å². The molecule has 0 saturated carbocycles. The molecule has 0 fully saturated rings. The van der Waals surface area contributed by atoms with Gasteiger partial charge in [0.1, 0.15) is 0 Å². The summed E-state index contributed by atoms with van der Waals surface area (Å²) in [6.45, 7) is 6.16. The molecule has 0 aliphatic carbocycles. The molecule has 0 aliphatic rings. The standard InChI is InChI=1S/C17H18N2/c1-3-15(17-9-5-7-13-19-17)11-10-14(2)16-8-4-6-12-18-16/h3-9,12-13H,2,10-11H2,1H3/b15-3+. The van der Waals surface area contributed by atoms with Crippen LogP contribution in [0.1, 0.15) is 31.2 Å². The maximum Gasteiger partial charge on any atom is 0.0658 e. The minimum Gasteiger partial charge on any atom is -0.257 e. The highest BCUT2D eigenvalue weighted by atomic mass is 14.7. The number of pyridine rings is 2. The molecule has 96 valence electrons. The van der Waals surface area contributed by atoms with Gasteiger partial charge in [-0.05, 0) is 55.2 Å². The number of aromatic nitrogens is 2. The SMILES string of the molecule is C=C(CC/C(=C\C)c1ccccn1)c1ccccn1. The number of rotatable bonds is 5. The number of nitrogens with zero attached hydrogens (tertiary/aromatic N) is 2. The fraction of sp³-hybridized carbons (Fsp3) is 0.176. The number of hydrogen-bond acceptors (Lipinski definition) is 2. The van der Waals surface area contributed by atoms with Crippen LogP contribution in [0.4, 0.5) is 0 Å². The van der Waals surface area contributed by atoms with Crippen molar-refractivity contribution in [1.82, 2.24) is 9.97 Å². The molecule has 2 aromatic rings. The Kier molecular flexibility index (Phi) is 4.62. The Morgan fingerprint density at radius 1 is 1.00 bits per heavy atom. The van der Waals surface area contributed by atoms with Crippen LogP contribution >= 0.6 is 0 Å². The third kappa shape index (κ3) is 3.62. The van der Waals surface area contributed by atoms with E-state index in [9.17, 15) is 0 Å². The lowest BCUT2D eigenvalue weighted by molar-refractivity contribution is 1.05. The first-order valence-electron chi connectivity index (χ1n) is 6.47. The van der Waals surface area contributed by atoms with Gasteiger partial charge >= 0.3 is 0 Å². The molecule has 2 rings (SSSR count). The Morgan fingerprint density at radius 3 is 2.16 bits per heavy atom.